The van der Waals surface area contributed by atoms with Crippen molar-refractivity contribution in [2.45, 2.75) is 44.4 Å². The molecule has 0 aliphatic heterocycles. The van der Waals surface area contributed by atoms with Crippen molar-refractivity contribution in [2.24, 2.45) is 0 Å². The van der Waals surface area contributed by atoms with Crippen LogP contribution in [0.4, 0.5) is 0 Å². The van der Waals surface area contributed by atoms with Gasteiger partial charge in [-0.05, 0) is 38.8 Å². The highest BCUT2D eigenvalue weighted by Gasteiger charge is 2.19. The quantitative estimate of drug-likeness (QED) is 0.612. The van der Waals surface area contributed by atoms with Gasteiger partial charge in [0, 0.05) is 5.69 Å². The minimum Gasteiger partial charge on any atom is -0.465 e. The maximum absolute atomic E-state index is 11.6. The fraction of sp³-hybridized carbons (Fsp3) is 0.500. The Morgan fingerprint density at radius 2 is 2.26 bits per heavy atom. The predicted octanol–water partition coefficient (Wildman–Crippen LogP) is 2.87. The summed E-state index contributed by atoms with van der Waals surface area (Å²) in [5.41, 5.74) is 2.47. The topological polar surface area (TPSA) is 63.0 Å². The maximum Gasteiger partial charge on any atom is 0.319 e. The van der Waals surface area contributed by atoms with Crippen LogP contribution in [0, 0.1) is 18.3 Å². The van der Waals surface area contributed by atoms with Crippen LogP contribution in [0.5, 0.6) is 0 Å². The standard InChI is InChI=1S/C14H18N2O2S/c1-5-12-9(3)7-11(8-15)13(16-12)19-10(4)14(17)18-6-2/h7,10H,5-6H2,1-4H3/t10-/m0/s1. The molecule has 0 spiro atoms. The highest BCUT2D eigenvalue weighted by Crippen LogP contribution is 2.27. The summed E-state index contributed by atoms with van der Waals surface area (Å²) in [5, 5.41) is 9.38. The number of thioether (sulfide) groups is 1. The number of rotatable bonds is 5. The van der Waals surface area contributed by atoms with Crippen LogP contribution in [-0.2, 0) is 16.0 Å². The van der Waals surface area contributed by atoms with E-state index in [-0.39, 0.29) is 11.2 Å². The number of ether oxygens (including phenoxy) is 1. The number of pyridine rings is 1. The van der Waals surface area contributed by atoms with Crippen molar-refractivity contribution >= 4 is 17.7 Å². The molecule has 0 N–H and O–H groups in total. The number of carbonyl (C=O) groups excluding carboxylic acids is 1. The first-order valence-electron chi connectivity index (χ1n) is 6.27. The summed E-state index contributed by atoms with van der Waals surface area (Å²) < 4.78 is 4.96. The van der Waals surface area contributed by atoms with E-state index in [1.807, 2.05) is 19.9 Å². The largest absolute Gasteiger partial charge is 0.465 e. The SMILES string of the molecule is CCOC(=O)[C@H](C)Sc1nc(CC)c(C)cc1C#N. The van der Waals surface area contributed by atoms with Crippen molar-refractivity contribution in [1.29, 1.82) is 5.26 Å². The highest BCUT2D eigenvalue weighted by atomic mass is 32.2. The number of hydrogen-bond donors (Lipinski definition) is 0. The van der Waals surface area contributed by atoms with Crippen LogP contribution >= 0.6 is 11.8 Å². The first-order valence-corrected chi connectivity index (χ1v) is 7.15. The zero-order chi connectivity index (χ0) is 14.4. The Balaban J connectivity index is 3.00. The Labute approximate surface area is 118 Å². The summed E-state index contributed by atoms with van der Waals surface area (Å²) in [5.74, 6) is -0.281. The number of carbonyl (C=O) groups is 1. The van der Waals surface area contributed by atoms with Gasteiger partial charge in [0.2, 0.25) is 0 Å². The lowest BCUT2D eigenvalue weighted by Crippen LogP contribution is -2.17. The molecule has 1 rings (SSSR count). The van der Waals surface area contributed by atoms with E-state index in [9.17, 15) is 4.79 Å². The molecule has 1 atom stereocenters. The zero-order valence-electron chi connectivity index (χ0n) is 11.7. The van der Waals surface area contributed by atoms with E-state index in [1.165, 1.54) is 11.8 Å². The molecular formula is C14H18N2O2S. The monoisotopic (exact) mass is 278 g/mol. The van der Waals surface area contributed by atoms with Gasteiger partial charge in [-0.25, -0.2) is 4.98 Å². The molecular weight excluding hydrogens is 260 g/mol. The van der Waals surface area contributed by atoms with Crippen molar-refractivity contribution < 1.29 is 9.53 Å². The van der Waals surface area contributed by atoms with E-state index >= 15 is 0 Å². The molecule has 0 aromatic carbocycles. The van der Waals surface area contributed by atoms with Gasteiger partial charge in [0.15, 0.2) is 0 Å². The molecule has 0 fully saturated rings. The molecule has 0 radical (unpaired) electrons. The summed E-state index contributed by atoms with van der Waals surface area (Å²) in [7, 11) is 0. The number of esters is 1. The molecule has 1 aromatic rings. The Hall–Kier alpha value is -1.54. The summed E-state index contributed by atoms with van der Waals surface area (Å²) in [6.45, 7) is 7.85. The molecule has 1 aromatic heterocycles. The number of nitriles is 1. The van der Waals surface area contributed by atoms with Crippen LogP contribution in [0.2, 0.25) is 0 Å². The average Bonchev–Trinajstić information content (AvgIpc) is 2.40. The van der Waals surface area contributed by atoms with Crippen LogP contribution in [0.3, 0.4) is 0 Å². The van der Waals surface area contributed by atoms with Gasteiger partial charge in [-0.15, -0.1) is 0 Å². The van der Waals surface area contributed by atoms with Gasteiger partial charge >= 0.3 is 5.97 Å². The van der Waals surface area contributed by atoms with Gasteiger partial charge in [0.25, 0.3) is 0 Å². The first kappa shape index (κ1) is 15.5. The molecule has 0 unspecified atom stereocenters. The van der Waals surface area contributed by atoms with Gasteiger partial charge in [0.05, 0.1) is 12.2 Å². The second kappa shape index (κ2) is 7.15. The highest BCUT2D eigenvalue weighted by molar-refractivity contribution is 8.00. The smallest absolute Gasteiger partial charge is 0.319 e. The molecule has 0 bridgehead atoms. The molecule has 0 saturated heterocycles. The maximum atomic E-state index is 11.6. The van der Waals surface area contributed by atoms with Gasteiger partial charge in [-0.1, -0.05) is 18.7 Å². The normalized spacial score (nSPS) is 11.7. The molecule has 0 amide bonds. The number of aromatic nitrogens is 1. The summed E-state index contributed by atoms with van der Waals surface area (Å²) in [4.78, 5) is 16.1. The third-order valence-electron chi connectivity index (χ3n) is 2.65. The second-order valence-electron chi connectivity index (χ2n) is 4.08. The second-order valence-corrected chi connectivity index (χ2v) is 5.41. The van der Waals surface area contributed by atoms with Crippen LogP contribution in [0.1, 0.15) is 37.6 Å². The molecule has 19 heavy (non-hydrogen) atoms. The Kier molecular flexibility index (Phi) is 5.84. The van der Waals surface area contributed by atoms with E-state index in [2.05, 4.69) is 11.1 Å². The lowest BCUT2D eigenvalue weighted by atomic mass is 10.1. The van der Waals surface area contributed by atoms with Crippen molar-refractivity contribution in [1.82, 2.24) is 4.98 Å². The summed E-state index contributed by atoms with van der Waals surface area (Å²) in [6.07, 6.45) is 0.804. The van der Waals surface area contributed by atoms with E-state index in [0.717, 1.165) is 17.7 Å². The van der Waals surface area contributed by atoms with E-state index in [4.69, 9.17) is 10.00 Å². The van der Waals surface area contributed by atoms with Gasteiger partial charge < -0.3 is 4.74 Å². The van der Waals surface area contributed by atoms with Crippen LogP contribution in [0.25, 0.3) is 0 Å². The van der Waals surface area contributed by atoms with E-state index < -0.39 is 0 Å². The van der Waals surface area contributed by atoms with Crippen molar-refractivity contribution in [3.05, 3.63) is 22.9 Å². The van der Waals surface area contributed by atoms with Crippen molar-refractivity contribution in [3.8, 4) is 6.07 Å². The lowest BCUT2D eigenvalue weighted by molar-refractivity contribution is -0.142. The average molecular weight is 278 g/mol. The third-order valence-corrected chi connectivity index (χ3v) is 3.73. The molecule has 0 saturated carbocycles. The van der Waals surface area contributed by atoms with Gasteiger partial charge in [0.1, 0.15) is 16.3 Å². The van der Waals surface area contributed by atoms with Crippen molar-refractivity contribution in [2.75, 3.05) is 6.61 Å². The number of aryl methyl sites for hydroxylation is 2. The minimum absolute atomic E-state index is 0.281. The predicted molar refractivity (Wildman–Crippen MR) is 75.0 cm³/mol. The molecule has 0 aliphatic rings. The first-order chi connectivity index (χ1) is 9.03. The molecule has 4 nitrogen and oxygen atoms in total. The van der Waals surface area contributed by atoms with Gasteiger partial charge in [-0.3, -0.25) is 4.79 Å². The Morgan fingerprint density at radius 1 is 1.58 bits per heavy atom. The van der Waals surface area contributed by atoms with Crippen LogP contribution in [0.15, 0.2) is 11.1 Å². The molecule has 1 heterocycles. The fourth-order valence-electron chi connectivity index (χ4n) is 1.64. The Morgan fingerprint density at radius 3 is 2.79 bits per heavy atom. The lowest BCUT2D eigenvalue weighted by Gasteiger charge is -2.12. The van der Waals surface area contributed by atoms with Crippen LogP contribution in [-0.4, -0.2) is 22.8 Å². The van der Waals surface area contributed by atoms with Crippen molar-refractivity contribution in [3.63, 3.8) is 0 Å². The van der Waals surface area contributed by atoms with Crippen LogP contribution < -0.4 is 0 Å². The zero-order valence-corrected chi connectivity index (χ0v) is 12.5. The molecule has 5 heteroatoms. The molecule has 0 aliphatic carbocycles. The van der Waals surface area contributed by atoms with Gasteiger partial charge in [-0.2, -0.15) is 5.26 Å². The summed E-state index contributed by atoms with van der Waals surface area (Å²) >= 11 is 1.27. The van der Waals surface area contributed by atoms with E-state index in [1.54, 1.807) is 13.8 Å². The third kappa shape index (κ3) is 3.97. The van der Waals surface area contributed by atoms with E-state index in [0.29, 0.717) is 17.2 Å². The molecule has 102 valence electrons. The fourth-order valence-corrected chi connectivity index (χ4v) is 2.53. The summed E-state index contributed by atoms with van der Waals surface area (Å²) in [6, 6.07) is 3.95. The number of nitrogens with zero attached hydrogens (tertiary/aromatic N) is 2. The number of hydrogen-bond acceptors (Lipinski definition) is 5. The minimum atomic E-state index is -0.369. The Bertz CT molecular complexity index is 509.